The fraction of sp³-hybridized carbons (Fsp3) is 0.391. The van der Waals surface area contributed by atoms with Crippen LogP contribution in [-0.4, -0.2) is 19.0 Å². The van der Waals surface area contributed by atoms with Gasteiger partial charge in [-0.3, -0.25) is 0 Å². The zero-order valence-electron chi connectivity index (χ0n) is 16.3. The normalized spacial score (nSPS) is 15.8. The van der Waals surface area contributed by atoms with Crippen molar-refractivity contribution in [1.82, 2.24) is 0 Å². The maximum atomic E-state index is 9.18. The first-order valence-electron chi connectivity index (χ1n) is 9.25. The van der Waals surface area contributed by atoms with Gasteiger partial charge in [-0.2, -0.15) is 10.5 Å². The van der Waals surface area contributed by atoms with E-state index in [4.69, 9.17) is 11.6 Å². The summed E-state index contributed by atoms with van der Waals surface area (Å²) in [7, 11) is 0. The number of hydrogen-bond donors (Lipinski definition) is 0. The molecule has 0 amide bonds. The maximum Gasteiger partial charge on any atom is 0.132 e. The molecular weight excluding hydrogens is 354 g/mol. The van der Waals surface area contributed by atoms with E-state index >= 15 is 0 Å². The molecule has 0 aromatic heterocycles. The molecule has 0 unspecified atom stereocenters. The molecule has 0 atom stereocenters. The highest BCUT2D eigenvalue weighted by molar-refractivity contribution is 6.18. The molecule has 1 aliphatic rings. The van der Waals surface area contributed by atoms with Crippen LogP contribution in [0.1, 0.15) is 39.2 Å². The molecule has 0 bridgehead atoms. The highest BCUT2D eigenvalue weighted by Crippen LogP contribution is 2.39. The molecule has 0 radical (unpaired) electrons. The van der Waals surface area contributed by atoms with Crippen LogP contribution in [0.5, 0.6) is 0 Å². The van der Waals surface area contributed by atoms with Crippen LogP contribution in [0.25, 0.3) is 6.08 Å². The first-order chi connectivity index (χ1) is 12.9. The van der Waals surface area contributed by atoms with E-state index in [-0.39, 0.29) is 11.0 Å². The van der Waals surface area contributed by atoms with Crippen LogP contribution < -0.4 is 4.90 Å². The highest BCUT2D eigenvalue weighted by atomic mass is 35.5. The Morgan fingerprint density at radius 3 is 2.37 bits per heavy atom. The third kappa shape index (κ3) is 5.75. The summed E-state index contributed by atoms with van der Waals surface area (Å²) in [6, 6.07) is 12.5. The van der Waals surface area contributed by atoms with Gasteiger partial charge >= 0.3 is 0 Å². The largest absolute Gasteiger partial charge is 0.371 e. The maximum absolute atomic E-state index is 9.18. The van der Waals surface area contributed by atoms with Crippen molar-refractivity contribution in [1.29, 1.82) is 10.5 Å². The number of anilines is 1. The van der Waals surface area contributed by atoms with E-state index in [9.17, 15) is 10.5 Å². The van der Waals surface area contributed by atoms with Gasteiger partial charge in [0.25, 0.3) is 0 Å². The van der Waals surface area contributed by atoms with Crippen LogP contribution in [-0.2, 0) is 0 Å². The lowest BCUT2D eigenvalue weighted by Gasteiger charge is -2.30. The number of hydrogen-bond acceptors (Lipinski definition) is 3. The van der Waals surface area contributed by atoms with Crippen LogP contribution >= 0.6 is 11.6 Å². The molecule has 4 heteroatoms. The molecule has 1 aromatic rings. The van der Waals surface area contributed by atoms with E-state index in [1.165, 1.54) is 5.69 Å². The smallest absolute Gasteiger partial charge is 0.132 e. The van der Waals surface area contributed by atoms with Crippen molar-refractivity contribution < 1.29 is 0 Å². The monoisotopic (exact) mass is 379 g/mol. The Labute approximate surface area is 167 Å². The molecule has 0 N–H and O–H groups in total. The lowest BCUT2D eigenvalue weighted by Crippen LogP contribution is -2.24. The molecule has 1 aliphatic carbocycles. The number of halogens is 1. The van der Waals surface area contributed by atoms with Gasteiger partial charge in [-0.15, -0.1) is 11.6 Å². The molecular formula is C23H26ClN3. The highest BCUT2D eigenvalue weighted by Gasteiger charge is 2.26. The zero-order chi connectivity index (χ0) is 19.9. The third-order valence-corrected chi connectivity index (χ3v) is 4.91. The zero-order valence-corrected chi connectivity index (χ0v) is 17.1. The van der Waals surface area contributed by atoms with Crippen molar-refractivity contribution in [2.75, 3.05) is 23.9 Å². The Hall–Kier alpha value is -2.49. The molecule has 0 saturated carbocycles. The second kappa shape index (κ2) is 9.45. The van der Waals surface area contributed by atoms with Crippen molar-refractivity contribution >= 4 is 23.4 Å². The fourth-order valence-electron chi connectivity index (χ4n) is 3.46. The third-order valence-electron chi connectivity index (χ3n) is 4.74. The summed E-state index contributed by atoms with van der Waals surface area (Å²) >= 11 is 5.87. The predicted octanol–water partition coefficient (Wildman–Crippen LogP) is 5.86. The molecule has 0 aliphatic heterocycles. The fourth-order valence-corrected chi connectivity index (χ4v) is 3.67. The minimum Gasteiger partial charge on any atom is -0.371 e. The lowest BCUT2D eigenvalue weighted by atomic mass is 9.74. The Morgan fingerprint density at radius 1 is 1.15 bits per heavy atom. The second-order valence-corrected chi connectivity index (χ2v) is 7.93. The van der Waals surface area contributed by atoms with Crippen molar-refractivity contribution in [3.8, 4) is 12.1 Å². The topological polar surface area (TPSA) is 50.8 Å². The van der Waals surface area contributed by atoms with E-state index in [0.29, 0.717) is 5.88 Å². The second-order valence-electron chi connectivity index (χ2n) is 7.55. The summed E-state index contributed by atoms with van der Waals surface area (Å²) in [6.07, 6.45) is 7.86. The summed E-state index contributed by atoms with van der Waals surface area (Å²) in [5, 5.41) is 18.4. The van der Waals surface area contributed by atoms with Crippen molar-refractivity contribution in [2.45, 2.75) is 33.6 Å². The Kier molecular flexibility index (Phi) is 7.28. The van der Waals surface area contributed by atoms with Gasteiger partial charge < -0.3 is 4.90 Å². The van der Waals surface area contributed by atoms with Crippen LogP contribution in [0.3, 0.4) is 0 Å². The van der Waals surface area contributed by atoms with Gasteiger partial charge in [0.05, 0.1) is 0 Å². The Morgan fingerprint density at radius 2 is 1.81 bits per heavy atom. The number of allylic oxidation sites excluding steroid dienone is 5. The summed E-state index contributed by atoms with van der Waals surface area (Å²) < 4.78 is 0. The van der Waals surface area contributed by atoms with E-state index in [2.05, 4.69) is 62.1 Å². The van der Waals surface area contributed by atoms with Gasteiger partial charge in [0.1, 0.15) is 17.7 Å². The number of nitrogens with zero attached hydrogens (tertiary/aromatic N) is 3. The molecule has 0 fully saturated rings. The quantitative estimate of drug-likeness (QED) is 0.459. The molecule has 0 heterocycles. The van der Waals surface area contributed by atoms with Crippen LogP contribution in [0.4, 0.5) is 5.69 Å². The number of alkyl halides is 1. The minimum atomic E-state index is 0.0375. The van der Waals surface area contributed by atoms with Gasteiger partial charge in [-0.1, -0.05) is 44.2 Å². The molecule has 140 valence electrons. The van der Waals surface area contributed by atoms with E-state index < -0.39 is 0 Å². The Bertz CT molecular complexity index is 814. The minimum absolute atomic E-state index is 0.0375. The van der Waals surface area contributed by atoms with Gasteiger partial charge in [0.2, 0.25) is 0 Å². The standard InChI is InChI=1S/C23H26ClN3/c1-4-27(12-11-24)22-9-7-18(8-10-22)5-6-19-13-20(21(16-25)17-26)15-23(2,3)14-19/h5-10,13H,4,11-12,14-15H2,1-3H3/b6-5+. The van der Waals surface area contributed by atoms with Crippen molar-refractivity contribution in [2.24, 2.45) is 5.41 Å². The average molecular weight is 380 g/mol. The van der Waals surface area contributed by atoms with Crippen molar-refractivity contribution in [3.05, 3.63) is 58.7 Å². The molecule has 0 saturated heterocycles. The van der Waals surface area contributed by atoms with Gasteiger partial charge in [0.15, 0.2) is 0 Å². The van der Waals surface area contributed by atoms with E-state index in [1.807, 2.05) is 18.2 Å². The van der Waals surface area contributed by atoms with Gasteiger partial charge in [-0.25, -0.2) is 0 Å². The van der Waals surface area contributed by atoms with E-state index in [0.717, 1.165) is 42.6 Å². The van der Waals surface area contributed by atoms with Crippen LogP contribution in [0.2, 0.25) is 0 Å². The lowest BCUT2D eigenvalue weighted by molar-refractivity contribution is 0.354. The van der Waals surface area contributed by atoms with Gasteiger partial charge in [0, 0.05) is 24.7 Å². The molecule has 1 aromatic carbocycles. The van der Waals surface area contributed by atoms with Crippen molar-refractivity contribution in [3.63, 3.8) is 0 Å². The van der Waals surface area contributed by atoms with Crippen LogP contribution in [0, 0.1) is 28.1 Å². The molecule has 3 nitrogen and oxygen atoms in total. The van der Waals surface area contributed by atoms with E-state index in [1.54, 1.807) is 0 Å². The SMILES string of the molecule is CCN(CCCl)c1ccc(/C=C/C2=CC(=C(C#N)C#N)CC(C)(C)C2)cc1. The summed E-state index contributed by atoms with van der Waals surface area (Å²) in [6.45, 7) is 8.24. The van der Waals surface area contributed by atoms with Crippen LogP contribution in [0.15, 0.2) is 53.1 Å². The first kappa shape index (κ1) is 20.8. The number of benzene rings is 1. The predicted molar refractivity (Wildman–Crippen MR) is 113 cm³/mol. The van der Waals surface area contributed by atoms with Gasteiger partial charge in [-0.05, 0) is 54.0 Å². The summed E-state index contributed by atoms with van der Waals surface area (Å²) in [5.74, 6) is 0.614. The molecule has 27 heavy (non-hydrogen) atoms. The first-order valence-corrected chi connectivity index (χ1v) is 9.79. The molecule has 2 rings (SSSR count). The average Bonchev–Trinajstić information content (AvgIpc) is 2.65. The molecule has 0 spiro atoms. The summed E-state index contributed by atoms with van der Waals surface area (Å²) in [4.78, 5) is 2.25. The number of rotatable bonds is 6. The summed E-state index contributed by atoms with van der Waals surface area (Å²) in [5.41, 5.74) is 4.53. The Balaban J connectivity index is 2.22. The number of nitriles is 2.